The van der Waals surface area contributed by atoms with Gasteiger partial charge in [0.1, 0.15) is 22.4 Å². The molecule has 0 radical (unpaired) electrons. The zero-order valence-electron chi connectivity index (χ0n) is 17.9. The maximum Gasteiger partial charge on any atom is 0.216 e. The largest absolute Gasteiger partial charge is 0.494 e. The van der Waals surface area contributed by atoms with Crippen LogP contribution in [0.5, 0.6) is 5.75 Å². The van der Waals surface area contributed by atoms with E-state index in [4.69, 9.17) is 9.84 Å². The summed E-state index contributed by atoms with van der Waals surface area (Å²) < 4.78 is 33.5. The van der Waals surface area contributed by atoms with Crippen LogP contribution in [0.1, 0.15) is 12.5 Å². The smallest absolute Gasteiger partial charge is 0.216 e. The lowest BCUT2D eigenvalue weighted by Crippen LogP contribution is -2.03. The van der Waals surface area contributed by atoms with E-state index in [1.54, 1.807) is 29.1 Å². The van der Waals surface area contributed by atoms with Crippen molar-refractivity contribution in [2.45, 2.75) is 11.8 Å². The minimum absolute atomic E-state index is 0.0631. The second-order valence-corrected chi connectivity index (χ2v) is 9.03. The average molecular weight is 456 g/mol. The first kappa shape index (κ1) is 22.1. The Morgan fingerprint density at radius 3 is 2.39 bits per heavy atom. The van der Waals surface area contributed by atoms with Gasteiger partial charge in [-0.2, -0.15) is 10.4 Å². The van der Waals surface area contributed by atoms with Crippen molar-refractivity contribution < 1.29 is 13.2 Å². The van der Waals surface area contributed by atoms with Gasteiger partial charge in [0.05, 0.1) is 17.2 Å². The Bertz CT molecular complexity index is 1440. The molecule has 0 atom stereocenters. The maximum absolute atomic E-state index is 13.1. The number of rotatable bonds is 7. The summed E-state index contributed by atoms with van der Waals surface area (Å²) >= 11 is 0. The highest BCUT2D eigenvalue weighted by Crippen LogP contribution is 2.30. The summed E-state index contributed by atoms with van der Waals surface area (Å²) in [6.45, 7) is 2.42. The predicted octanol–water partition coefficient (Wildman–Crippen LogP) is 5.28. The van der Waals surface area contributed by atoms with Crippen molar-refractivity contribution in [2.75, 3.05) is 6.61 Å². The molecule has 7 heteroatoms. The summed E-state index contributed by atoms with van der Waals surface area (Å²) in [4.78, 5) is -0.295. The predicted molar refractivity (Wildman–Crippen MR) is 127 cm³/mol. The Hall–Kier alpha value is -4.15. The number of ether oxygens (including phenoxy) is 1. The number of nitrogens with zero attached hydrogens (tertiary/aromatic N) is 3. The second kappa shape index (κ2) is 9.55. The molecule has 6 nitrogen and oxygen atoms in total. The Kier molecular flexibility index (Phi) is 6.38. The minimum Gasteiger partial charge on any atom is -0.494 e. The van der Waals surface area contributed by atoms with Crippen LogP contribution in [0.2, 0.25) is 0 Å². The highest BCUT2D eigenvalue weighted by molar-refractivity contribution is 7.95. The molecule has 33 heavy (non-hydrogen) atoms. The van der Waals surface area contributed by atoms with Crippen molar-refractivity contribution in [1.82, 2.24) is 9.78 Å². The van der Waals surface area contributed by atoms with E-state index in [1.165, 1.54) is 18.2 Å². The normalized spacial score (nSPS) is 11.7. The summed E-state index contributed by atoms with van der Waals surface area (Å²) in [5.41, 5.74) is 2.60. The van der Waals surface area contributed by atoms with E-state index in [2.05, 4.69) is 0 Å². The molecule has 4 rings (SSSR count). The summed E-state index contributed by atoms with van der Waals surface area (Å²) in [6, 6.07) is 26.7. The van der Waals surface area contributed by atoms with Crippen molar-refractivity contribution in [3.05, 3.63) is 102 Å². The van der Waals surface area contributed by atoms with Gasteiger partial charge in [-0.15, -0.1) is 0 Å². The number of hydrogen-bond acceptors (Lipinski definition) is 5. The molecule has 0 amide bonds. The minimum atomic E-state index is -3.98. The molecule has 0 saturated carbocycles. The van der Waals surface area contributed by atoms with Crippen molar-refractivity contribution in [3.8, 4) is 28.8 Å². The molecule has 3 aromatic carbocycles. The average Bonchev–Trinajstić information content (AvgIpc) is 3.28. The summed E-state index contributed by atoms with van der Waals surface area (Å²) in [6.07, 6.45) is 3.09. The van der Waals surface area contributed by atoms with Gasteiger partial charge in [-0.1, -0.05) is 48.5 Å². The first-order valence-corrected chi connectivity index (χ1v) is 11.8. The van der Waals surface area contributed by atoms with Crippen LogP contribution in [0.3, 0.4) is 0 Å². The van der Waals surface area contributed by atoms with E-state index in [0.29, 0.717) is 23.6 Å². The van der Waals surface area contributed by atoms with Gasteiger partial charge in [-0.05, 0) is 49.4 Å². The van der Waals surface area contributed by atoms with Crippen molar-refractivity contribution >= 4 is 15.9 Å². The number of benzene rings is 3. The van der Waals surface area contributed by atoms with E-state index in [0.717, 1.165) is 11.3 Å². The fourth-order valence-electron chi connectivity index (χ4n) is 3.37. The van der Waals surface area contributed by atoms with Gasteiger partial charge >= 0.3 is 0 Å². The molecule has 1 heterocycles. The van der Waals surface area contributed by atoms with Gasteiger partial charge in [0.15, 0.2) is 0 Å². The molecule has 1 aromatic heterocycles. The SMILES string of the molecule is CCOc1cccc(-c2nn(-c3ccccc3)cc2C=C(C#N)S(=O)(=O)c2ccccc2)c1. The van der Waals surface area contributed by atoms with Crippen LogP contribution < -0.4 is 4.74 Å². The monoisotopic (exact) mass is 455 g/mol. The molecule has 0 unspecified atom stereocenters. The van der Waals surface area contributed by atoms with E-state index >= 15 is 0 Å². The molecule has 0 spiro atoms. The number of allylic oxidation sites excluding steroid dienone is 1. The van der Waals surface area contributed by atoms with Gasteiger partial charge in [0.25, 0.3) is 0 Å². The zero-order chi connectivity index (χ0) is 23.3. The summed E-state index contributed by atoms with van der Waals surface area (Å²) in [7, 11) is -3.98. The highest BCUT2D eigenvalue weighted by atomic mass is 32.2. The molecule has 0 aliphatic heterocycles. The molecule has 0 saturated heterocycles. The Morgan fingerprint density at radius 1 is 1.03 bits per heavy atom. The topological polar surface area (TPSA) is 85.0 Å². The molecular formula is C26H21N3O3S. The first-order chi connectivity index (χ1) is 16.0. The lowest BCUT2D eigenvalue weighted by atomic mass is 10.1. The lowest BCUT2D eigenvalue weighted by molar-refractivity contribution is 0.340. The van der Waals surface area contributed by atoms with Gasteiger partial charge in [0, 0.05) is 17.3 Å². The van der Waals surface area contributed by atoms with Crippen molar-refractivity contribution in [1.29, 1.82) is 5.26 Å². The Balaban J connectivity index is 1.89. The number of para-hydroxylation sites is 1. The van der Waals surface area contributed by atoms with Gasteiger partial charge in [0.2, 0.25) is 9.84 Å². The number of aromatic nitrogens is 2. The highest BCUT2D eigenvalue weighted by Gasteiger charge is 2.22. The van der Waals surface area contributed by atoms with Gasteiger partial charge in [-0.3, -0.25) is 0 Å². The van der Waals surface area contributed by atoms with Gasteiger partial charge < -0.3 is 4.74 Å². The zero-order valence-corrected chi connectivity index (χ0v) is 18.7. The molecule has 0 bridgehead atoms. The summed E-state index contributed by atoms with van der Waals surface area (Å²) in [5, 5.41) is 14.4. The standard InChI is InChI=1S/C26H21N3O3S/c1-2-32-23-13-9-10-20(16-23)26-21(19-29(28-26)22-11-5-3-6-12-22)17-25(18-27)33(30,31)24-14-7-4-8-15-24/h3-17,19H,2H2,1H3. The molecule has 164 valence electrons. The van der Waals surface area contributed by atoms with Crippen LogP contribution in [0.15, 0.2) is 101 Å². The number of sulfone groups is 1. The third-order valence-corrected chi connectivity index (χ3v) is 6.60. The van der Waals surface area contributed by atoms with E-state index < -0.39 is 9.84 Å². The van der Waals surface area contributed by atoms with Crippen LogP contribution >= 0.6 is 0 Å². The first-order valence-electron chi connectivity index (χ1n) is 10.3. The van der Waals surface area contributed by atoms with Crippen LogP contribution in [0.4, 0.5) is 0 Å². The van der Waals surface area contributed by atoms with E-state index in [1.807, 2.05) is 67.6 Å². The molecule has 0 aliphatic rings. The lowest BCUT2D eigenvalue weighted by Gasteiger charge is -2.06. The number of nitriles is 1. The molecular weight excluding hydrogens is 434 g/mol. The van der Waals surface area contributed by atoms with Crippen LogP contribution in [-0.2, 0) is 9.84 Å². The van der Waals surface area contributed by atoms with E-state index in [9.17, 15) is 13.7 Å². The quantitative estimate of drug-likeness (QED) is 0.354. The third kappa shape index (κ3) is 4.71. The summed E-state index contributed by atoms with van der Waals surface area (Å²) in [5.74, 6) is 0.677. The Labute approximate surface area is 192 Å². The molecule has 0 N–H and O–H groups in total. The van der Waals surface area contributed by atoms with Crippen LogP contribution in [0.25, 0.3) is 23.0 Å². The fraction of sp³-hybridized carbons (Fsp3) is 0.0769. The molecule has 4 aromatic rings. The van der Waals surface area contributed by atoms with Crippen LogP contribution in [0, 0.1) is 11.3 Å². The van der Waals surface area contributed by atoms with E-state index in [-0.39, 0.29) is 9.80 Å². The Morgan fingerprint density at radius 2 is 1.73 bits per heavy atom. The fourth-order valence-corrected chi connectivity index (χ4v) is 4.54. The molecule has 0 aliphatic carbocycles. The maximum atomic E-state index is 13.1. The van der Waals surface area contributed by atoms with Crippen molar-refractivity contribution in [3.63, 3.8) is 0 Å². The van der Waals surface area contributed by atoms with Crippen LogP contribution in [-0.4, -0.2) is 24.8 Å². The van der Waals surface area contributed by atoms with Gasteiger partial charge in [-0.25, -0.2) is 13.1 Å². The third-order valence-electron chi connectivity index (χ3n) is 4.92. The van der Waals surface area contributed by atoms with Crippen molar-refractivity contribution in [2.24, 2.45) is 0 Å². The second-order valence-electron chi connectivity index (χ2n) is 7.11. The number of hydrogen-bond donors (Lipinski definition) is 0. The molecule has 0 fully saturated rings.